The van der Waals surface area contributed by atoms with Gasteiger partial charge in [0.15, 0.2) is 0 Å². The third-order valence-electron chi connectivity index (χ3n) is 2.58. The van der Waals surface area contributed by atoms with Gasteiger partial charge >= 0.3 is 0 Å². The molecule has 0 unspecified atom stereocenters. The Kier molecular flexibility index (Phi) is 6.20. The summed E-state index contributed by atoms with van der Waals surface area (Å²) in [6.45, 7) is 0.896. The van der Waals surface area contributed by atoms with Crippen molar-refractivity contribution in [3.8, 4) is 0 Å². The maximum Gasteiger partial charge on any atom is 0.245 e. The second kappa shape index (κ2) is 7.42. The van der Waals surface area contributed by atoms with Crippen LogP contribution in [-0.4, -0.2) is 28.7 Å². The number of ether oxygens (including phenoxy) is 1. The van der Waals surface area contributed by atoms with Gasteiger partial charge in [-0.1, -0.05) is 6.07 Å². The quantitative estimate of drug-likeness (QED) is 0.561. The highest BCUT2D eigenvalue weighted by Crippen LogP contribution is 2.21. The van der Waals surface area contributed by atoms with E-state index in [0.717, 1.165) is 18.9 Å². The molecule has 1 aromatic rings. The number of sulfonamides is 1. The van der Waals surface area contributed by atoms with E-state index in [2.05, 4.69) is 4.72 Å². The SMILES string of the molecule is COCCCCCNS(=O)(=O)c1c(N)cccc1F. The molecule has 0 aliphatic heterocycles. The molecule has 0 heterocycles. The molecule has 0 saturated heterocycles. The van der Waals surface area contributed by atoms with Crippen LogP contribution >= 0.6 is 0 Å². The average Bonchev–Trinajstić information content (AvgIpc) is 2.33. The molecule has 7 heteroatoms. The Bertz CT molecular complexity index is 485. The van der Waals surface area contributed by atoms with E-state index in [-0.39, 0.29) is 12.2 Å². The number of nitrogen functional groups attached to an aromatic ring is 1. The van der Waals surface area contributed by atoms with E-state index in [1.807, 2.05) is 0 Å². The molecule has 1 aromatic carbocycles. The van der Waals surface area contributed by atoms with Crippen molar-refractivity contribution in [3.05, 3.63) is 24.0 Å². The fourth-order valence-electron chi connectivity index (χ4n) is 1.64. The van der Waals surface area contributed by atoms with Crippen molar-refractivity contribution < 1.29 is 17.5 Å². The first-order valence-electron chi connectivity index (χ1n) is 6.01. The van der Waals surface area contributed by atoms with Gasteiger partial charge in [-0.25, -0.2) is 17.5 Å². The number of nitrogens with one attached hydrogen (secondary N) is 1. The summed E-state index contributed by atoms with van der Waals surface area (Å²) < 4.78 is 44.6. The predicted molar refractivity (Wildman–Crippen MR) is 71.7 cm³/mol. The molecule has 19 heavy (non-hydrogen) atoms. The van der Waals surface area contributed by atoms with Crippen LogP contribution in [0.1, 0.15) is 19.3 Å². The highest BCUT2D eigenvalue weighted by molar-refractivity contribution is 7.89. The Hall–Kier alpha value is -1.18. The van der Waals surface area contributed by atoms with Crippen LogP contribution in [0.3, 0.4) is 0 Å². The summed E-state index contributed by atoms with van der Waals surface area (Å²) in [4.78, 5) is -0.480. The van der Waals surface area contributed by atoms with Crippen molar-refractivity contribution in [1.29, 1.82) is 0 Å². The number of hydrogen-bond acceptors (Lipinski definition) is 4. The zero-order chi connectivity index (χ0) is 14.3. The van der Waals surface area contributed by atoms with Gasteiger partial charge in [0, 0.05) is 20.3 Å². The predicted octanol–water partition coefficient (Wildman–Crippen LogP) is 1.50. The number of halogens is 1. The van der Waals surface area contributed by atoms with Crippen LogP contribution in [0.25, 0.3) is 0 Å². The van der Waals surface area contributed by atoms with Crippen LogP contribution in [0.5, 0.6) is 0 Å². The fraction of sp³-hybridized carbons (Fsp3) is 0.500. The number of unbranched alkanes of at least 4 members (excludes halogenated alkanes) is 2. The van der Waals surface area contributed by atoms with Crippen LogP contribution in [0.2, 0.25) is 0 Å². The summed E-state index contributed by atoms with van der Waals surface area (Å²) in [5.41, 5.74) is 5.41. The molecule has 0 aliphatic carbocycles. The van der Waals surface area contributed by atoms with Crippen LogP contribution < -0.4 is 10.5 Å². The van der Waals surface area contributed by atoms with Gasteiger partial charge in [0.1, 0.15) is 10.7 Å². The number of anilines is 1. The molecule has 0 amide bonds. The maximum atomic E-state index is 13.5. The Morgan fingerprint density at radius 1 is 1.32 bits per heavy atom. The summed E-state index contributed by atoms with van der Waals surface area (Å²) in [7, 11) is -2.28. The molecule has 3 N–H and O–H groups in total. The first-order valence-corrected chi connectivity index (χ1v) is 7.50. The Morgan fingerprint density at radius 3 is 2.68 bits per heavy atom. The van der Waals surface area contributed by atoms with Crippen molar-refractivity contribution in [2.75, 3.05) is 26.0 Å². The largest absolute Gasteiger partial charge is 0.398 e. The molecule has 0 radical (unpaired) electrons. The minimum atomic E-state index is -3.90. The topological polar surface area (TPSA) is 81.4 Å². The monoisotopic (exact) mass is 290 g/mol. The fourth-order valence-corrected chi connectivity index (χ4v) is 2.90. The molecule has 0 fully saturated rings. The molecular weight excluding hydrogens is 271 g/mol. The van der Waals surface area contributed by atoms with Gasteiger partial charge in [-0.05, 0) is 31.4 Å². The second-order valence-corrected chi connectivity index (χ2v) is 5.81. The first kappa shape index (κ1) is 15.9. The van der Waals surface area contributed by atoms with Crippen molar-refractivity contribution in [3.63, 3.8) is 0 Å². The van der Waals surface area contributed by atoms with E-state index < -0.39 is 20.7 Å². The number of hydrogen-bond donors (Lipinski definition) is 2. The van der Waals surface area contributed by atoms with Gasteiger partial charge in [-0.2, -0.15) is 0 Å². The lowest BCUT2D eigenvalue weighted by molar-refractivity contribution is 0.192. The Morgan fingerprint density at radius 2 is 2.05 bits per heavy atom. The summed E-state index contributed by atoms with van der Waals surface area (Å²) in [6.07, 6.45) is 2.36. The van der Waals surface area contributed by atoms with E-state index in [1.165, 1.54) is 12.1 Å². The third kappa shape index (κ3) is 4.77. The maximum absolute atomic E-state index is 13.5. The van der Waals surface area contributed by atoms with E-state index in [0.29, 0.717) is 13.0 Å². The summed E-state index contributed by atoms with van der Waals surface area (Å²) in [5, 5.41) is 0. The highest BCUT2D eigenvalue weighted by atomic mass is 32.2. The van der Waals surface area contributed by atoms with Crippen molar-refractivity contribution >= 4 is 15.7 Å². The lowest BCUT2D eigenvalue weighted by Crippen LogP contribution is -2.26. The highest BCUT2D eigenvalue weighted by Gasteiger charge is 2.21. The van der Waals surface area contributed by atoms with Gasteiger partial charge in [0.25, 0.3) is 0 Å². The number of benzene rings is 1. The second-order valence-electron chi connectivity index (χ2n) is 4.11. The zero-order valence-corrected chi connectivity index (χ0v) is 11.7. The third-order valence-corrected chi connectivity index (χ3v) is 4.14. The molecule has 0 atom stereocenters. The lowest BCUT2D eigenvalue weighted by atomic mass is 10.2. The smallest absolute Gasteiger partial charge is 0.245 e. The first-order chi connectivity index (χ1) is 8.99. The summed E-state index contributed by atoms with van der Waals surface area (Å²) >= 11 is 0. The van der Waals surface area contributed by atoms with E-state index in [4.69, 9.17) is 10.5 Å². The Labute approximate surface area is 113 Å². The lowest BCUT2D eigenvalue weighted by Gasteiger charge is -2.09. The van der Waals surface area contributed by atoms with Crippen molar-refractivity contribution in [2.45, 2.75) is 24.2 Å². The van der Waals surface area contributed by atoms with Crippen LogP contribution in [0.15, 0.2) is 23.1 Å². The molecule has 0 saturated carbocycles. The van der Waals surface area contributed by atoms with Crippen LogP contribution in [0.4, 0.5) is 10.1 Å². The average molecular weight is 290 g/mol. The van der Waals surface area contributed by atoms with Gasteiger partial charge in [0.05, 0.1) is 5.69 Å². The van der Waals surface area contributed by atoms with Gasteiger partial charge < -0.3 is 10.5 Å². The molecule has 0 aromatic heterocycles. The zero-order valence-electron chi connectivity index (χ0n) is 10.9. The molecule has 0 bridgehead atoms. The molecule has 0 aliphatic rings. The number of methoxy groups -OCH3 is 1. The van der Waals surface area contributed by atoms with E-state index in [9.17, 15) is 12.8 Å². The molecule has 0 spiro atoms. The number of rotatable bonds is 8. The molecule has 1 rings (SSSR count). The van der Waals surface area contributed by atoms with Gasteiger partial charge in [0.2, 0.25) is 10.0 Å². The van der Waals surface area contributed by atoms with E-state index >= 15 is 0 Å². The molecule has 5 nitrogen and oxygen atoms in total. The summed E-state index contributed by atoms with van der Waals surface area (Å²) in [6, 6.07) is 3.80. The van der Waals surface area contributed by atoms with E-state index in [1.54, 1.807) is 7.11 Å². The van der Waals surface area contributed by atoms with Crippen LogP contribution in [0, 0.1) is 5.82 Å². The van der Waals surface area contributed by atoms with Crippen LogP contribution in [-0.2, 0) is 14.8 Å². The minimum Gasteiger partial charge on any atom is -0.398 e. The van der Waals surface area contributed by atoms with Crippen molar-refractivity contribution in [1.82, 2.24) is 4.72 Å². The minimum absolute atomic E-state index is 0.0908. The number of nitrogens with two attached hydrogens (primary N) is 1. The van der Waals surface area contributed by atoms with Gasteiger partial charge in [-0.15, -0.1) is 0 Å². The van der Waals surface area contributed by atoms with Gasteiger partial charge in [-0.3, -0.25) is 0 Å². The van der Waals surface area contributed by atoms with Crippen molar-refractivity contribution in [2.24, 2.45) is 0 Å². The molecule has 108 valence electrons. The standard InChI is InChI=1S/C12H19FN2O3S/c1-18-9-4-2-3-8-15-19(16,17)12-10(13)6-5-7-11(12)14/h5-7,15H,2-4,8-9,14H2,1H3. The summed E-state index contributed by atoms with van der Waals surface area (Å²) in [5.74, 6) is -0.841. The molecular formula is C12H19FN2O3S. The Balaban J connectivity index is 2.57. The normalized spacial score (nSPS) is 11.7.